The maximum atomic E-state index is 12.4. The van der Waals surface area contributed by atoms with E-state index in [0.29, 0.717) is 11.5 Å². The molecule has 2 atom stereocenters. The van der Waals surface area contributed by atoms with Crippen LogP contribution in [0, 0.1) is 24.2 Å². The number of benzene rings is 2. The molecule has 2 aromatic carbocycles. The van der Waals surface area contributed by atoms with Crippen LogP contribution < -0.4 is 5.01 Å². The molecule has 2 unspecified atom stereocenters. The number of methoxy groups -OCH3 is 1. The van der Waals surface area contributed by atoms with E-state index in [4.69, 9.17) is 4.74 Å². The third kappa shape index (κ3) is 6.28. The summed E-state index contributed by atoms with van der Waals surface area (Å²) in [5, 5.41) is 24.7. The number of aliphatic carboxylic acids is 1. The van der Waals surface area contributed by atoms with Gasteiger partial charge in [-0.1, -0.05) is 49.9 Å². The zero-order valence-electron chi connectivity index (χ0n) is 20.7. The fourth-order valence-electron chi connectivity index (χ4n) is 4.16. The van der Waals surface area contributed by atoms with Gasteiger partial charge in [0.2, 0.25) is 0 Å². The standard InChI is InChI=1S/C29H30FN3O3/c1-19-14-23(20(2)15-26(36-4)6-5-13-30)9-10-24(19)16-22-7-11-25(12-8-22)33-28(17-29(34)35)21(3)27(18-31)32-33/h5-12,14-15,21,28H,2,13,16-17H2,1,3-4H3,(H,34,35)/b6-5-,26-15+. The van der Waals surface area contributed by atoms with Crippen molar-refractivity contribution in [3.8, 4) is 6.07 Å². The predicted molar refractivity (Wildman–Crippen MR) is 140 cm³/mol. The minimum absolute atomic E-state index is 0.0956. The van der Waals surface area contributed by atoms with Crippen molar-refractivity contribution in [2.24, 2.45) is 11.0 Å². The first-order valence-corrected chi connectivity index (χ1v) is 11.6. The van der Waals surface area contributed by atoms with Gasteiger partial charge >= 0.3 is 5.97 Å². The van der Waals surface area contributed by atoms with Gasteiger partial charge in [-0.05, 0) is 65.5 Å². The fraction of sp³-hybridized carbons (Fsp3) is 0.276. The molecule has 0 saturated heterocycles. The lowest BCUT2D eigenvalue weighted by Gasteiger charge is -2.25. The van der Waals surface area contributed by atoms with E-state index in [9.17, 15) is 19.6 Å². The summed E-state index contributed by atoms with van der Waals surface area (Å²) >= 11 is 0. The summed E-state index contributed by atoms with van der Waals surface area (Å²) in [7, 11) is 1.53. The number of ether oxygens (including phenoxy) is 1. The van der Waals surface area contributed by atoms with E-state index in [0.717, 1.165) is 39.9 Å². The van der Waals surface area contributed by atoms with Gasteiger partial charge in [-0.25, -0.2) is 4.39 Å². The molecule has 0 spiro atoms. The van der Waals surface area contributed by atoms with Gasteiger partial charge in [0.05, 0.1) is 25.3 Å². The van der Waals surface area contributed by atoms with E-state index >= 15 is 0 Å². The molecule has 0 amide bonds. The van der Waals surface area contributed by atoms with Crippen LogP contribution in [-0.2, 0) is 16.0 Å². The van der Waals surface area contributed by atoms with E-state index in [-0.39, 0.29) is 12.3 Å². The summed E-state index contributed by atoms with van der Waals surface area (Å²) < 4.78 is 17.7. The molecule has 0 radical (unpaired) electrons. The number of hydrogen-bond acceptors (Lipinski definition) is 5. The molecule has 0 aromatic heterocycles. The van der Waals surface area contributed by atoms with Crippen LogP contribution >= 0.6 is 0 Å². The van der Waals surface area contributed by atoms with Crippen LogP contribution in [0.2, 0.25) is 0 Å². The van der Waals surface area contributed by atoms with Gasteiger partial charge in [0.1, 0.15) is 24.2 Å². The number of rotatable bonds is 10. The Morgan fingerprint density at radius 1 is 1.31 bits per heavy atom. The molecular weight excluding hydrogens is 457 g/mol. The molecule has 1 N–H and O–H groups in total. The van der Waals surface area contributed by atoms with E-state index in [1.165, 1.54) is 13.2 Å². The molecule has 0 saturated carbocycles. The Bertz CT molecular complexity index is 1260. The Morgan fingerprint density at radius 3 is 2.61 bits per heavy atom. The highest BCUT2D eigenvalue weighted by atomic mass is 19.1. The van der Waals surface area contributed by atoms with Crippen molar-refractivity contribution < 1.29 is 19.0 Å². The zero-order valence-corrected chi connectivity index (χ0v) is 20.7. The predicted octanol–water partition coefficient (Wildman–Crippen LogP) is 5.83. The van der Waals surface area contributed by atoms with E-state index < -0.39 is 18.7 Å². The van der Waals surface area contributed by atoms with Crippen LogP contribution in [0.1, 0.15) is 35.6 Å². The Kier molecular flexibility index (Phi) is 8.80. The molecule has 0 fully saturated rings. The quantitative estimate of drug-likeness (QED) is 0.336. The van der Waals surface area contributed by atoms with Gasteiger partial charge in [0.15, 0.2) is 0 Å². The third-order valence-electron chi connectivity index (χ3n) is 6.27. The number of hydrazone groups is 1. The maximum absolute atomic E-state index is 12.4. The van der Waals surface area contributed by atoms with Crippen molar-refractivity contribution in [1.29, 1.82) is 5.26 Å². The van der Waals surface area contributed by atoms with Crippen molar-refractivity contribution in [3.63, 3.8) is 0 Å². The number of allylic oxidation sites excluding steroid dienone is 4. The number of carboxylic acid groups (broad SMARTS) is 1. The largest absolute Gasteiger partial charge is 0.497 e. The number of halogens is 1. The van der Waals surface area contributed by atoms with Crippen molar-refractivity contribution in [3.05, 3.63) is 95.3 Å². The SMILES string of the molecule is C=C(/C=C(\C=C/CF)OC)c1ccc(Cc2ccc(N3N=C(C#N)C(C)C3CC(=O)O)cc2)c(C)c1. The third-order valence-corrected chi connectivity index (χ3v) is 6.27. The highest BCUT2D eigenvalue weighted by Gasteiger charge is 2.36. The molecule has 0 aliphatic carbocycles. The summed E-state index contributed by atoms with van der Waals surface area (Å²) in [4.78, 5) is 11.3. The topological polar surface area (TPSA) is 85.9 Å². The Morgan fingerprint density at radius 2 is 2.03 bits per heavy atom. The number of nitriles is 1. The smallest absolute Gasteiger partial charge is 0.305 e. The summed E-state index contributed by atoms with van der Waals surface area (Å²) in [5.41, 5.74) is 6.19. The molecule has 6 nitrogen and oxygen atoms in total. The Hall–Kier alpha value is -4.18. The molecule has 36 heavy (non-hydrogen) atoms. The van der Waals surface area contributed by atoms with E-state index in [1.807, 2.05) is 44.2 Å². The number of aryl methyl sites for hydroxylation is 1. The second-order valence-corrected chi connectivity index (χ2v) is 8.71. The minimum atomic E-state index is -0.922. The van der Waals surface area contributed by atoms with Crippen LogP contribution in [0.5, 0.6) is 0 Å². The van der Waals surface area contributed by atoms with Gasteiger partial charge in [-0.2, -0.15) is 10.4 Å². The van der Waals surface area contributed by atoms with Gasteiger partial charge in [0.25, 0.3) is 0 Å². The summed E-state index contributed by atoms with van der Waals surface area (Å²) in [6.45, 7) is 7.43. The molecule has 186 valence electrons. The molecule has 1 aliphatic heterocycles. The molecule has 2 aromatic rings. The average molecular weight is 488 g/mol. The van der Waals surface area contributed by atoms with Crippen LogP contribution in [0.4, 0.5) is 10.1 Å². The van der Waals surface area contributed by atoms with Crippen LogP contribution in [0.3, 0.4) is 0 Å². The lowest BCUT2D eigenvalue weighted by Crippen LogP contribution is -2.34. The number of carbonyl (C=O) groups is 1. The highest BCUT2D eigenvalue weighted by molar-refractivity contribution is 6.03. The molecule has 0 bridgehead atoms. The van der Waals surface area contributed by atoms with Gasteiger partial charge in [-0.3, -0.25) is 9.80 Å². The number of carboxylic acids is 1. The van der Waals surface area contributed by atoms with Crippen LogP contribution in [0.15, 0.2) is 78.1 Å². The molecule has 3 rings (SSSR count). The lowest BCUT2D eigenvalue weighted by atomic mass is 9.95. The first-order chi connectivity index (χ1) is 17.3. The van der Waals surface area contributed by atoms with Crippen molar-refractivity contribution in [2.45, 2.75) is 32.7 Å². The fourth-order valence-corrected chi connectivity index (χ4v) is 4.16. The van der Waals surface area contributed by atoms with Gasteiger partial charge < -0.3 is 9.84 Å². The van der Waals surface area contributed by atoms with Crippen LogP contribution in [-0.4, -0.2) is 36.6 Å². The summed E-state index contributed by atoms with van der Waals surface area (Å²) in [5.74, 6) is -0.644. The van der Waals surface area contributed by atoms with E-state index in [2.05, 4.69) is 29.9 Å². The van der Waals surface area contributed by atoms with Crippen LogP contribution in [0.25, 0.3) is 5.57 Å². The summed E-state index contributed by atoms with van der Waals surface area (Å²) in [6.07, 6.45) is 5.36. The Labute approximate surface area is 211 Å². The molecule has 7 heteroatoms. The second-order valence-electron chi connectivity index (χ2n) is 8.71. The number of nitrogens with zero attached hydrogens (tertiary/aromatic N) is 3. The normalized spacial score (nSPS) is 17.7. The van der Waals surface area contributed by atoms with E-state index in [1.54, 1.807) is 17.2 Å². The molecular formula is C29H30FN3O3. The average Bonchev–Trinajstić information content (AvgIpc) is 3.17. The number of anilines is 1. The summed E-state index contributed by atoms with van der Waals surface area (Å²) in [6, 6.07) is 15.6. The number of hydrogen-bond donors (Lipinski definition) is 1. The molecule has 1 aliphatic rings. The monoisotopic (exact) mass is 487 g/mol. The highest BCUT2D eigenvalue weighted by Crippen LogP contribution is 2.31. The van der Waals surface area contributed by atoms with Crippen molar-refractivity contribution in [1.82, 2.24) is 0 Å². The Balaban J connectivity index is 1.75. The second kappa shape index (κ2) is 12.0. The van der Waals surface area contributed by atoms with Crippen molar-refractivity contribution >= 4 is 22.9 Å². The van der Waals surface area contributed by atoms with Crippen molar-refractivity contribution in [2.75, 3.05) is 18.8 Å². The molecule has 1 heterocycles. The zero-order chi connectivity index (χ0) is 26.2. The maximum Gasteiger partial charge on any atom is 0.305 e. The van der Waals surface area contributed by atoms with Gasteiger partial charge in [-0.15, -0.1) is 0 Å². The van der Waals surface area contributed by atoms with Gasteiger partial charge in [0, 0.05) is 5.92 Å². The first kappa shape index (κ1) is 26.4. The lowest BCUT2D eigenvalue weighted by molar-refractivity contribution is -0.137. The first-order valence-electron chi connectivity index (χ1n) is 11.6. The minimum Gasteiger partial charge on any atom is -0.497 e. The number of alkyl halides is 1.